The zero-order valence-electron chi connectivity index (χ0n) is 16.6. The molecule has 0 unspecified atom stereocenters. The molecule has 0 aromatic rings. The second-order valence-electron chi connectivity index (χ2n) is 7.21. The molecule has 1 amide bonds. The molecule has 0 atom stereocenters. The lowest BCUT2D eigenvalue weighted by molar-refractivity contribution is -0.121. The van der Waals surface area contributed by atoms with Gasteiger partial charge < -0.3 is 25.4 Å². The average Bonchev–Trinajstić information content (AvgIpc) is 3.16. The molecule has 0 radical (unpaired) electrons. The predicted molar refractivity (Wildman–Crippen MR) is 119 cm³/mol. The van der Waals surface area contributed by atoms with Gasteiger partial charge in [-0.15, -0.1) is 24.0 Å². The highest BCUT2D eigenvalue weighted by molar-refractivity contribution is 14.0. The predicted octanol–water partition coefficient (Wildman–Crippen LogP) is 2.05. The van der Waals surface area contributed by atoms with E-state index in [0.29, 0.717) is 24.9 Å². The van der Waals surface area contributed by atoms with Crippen LogP contribution in [0.5, 0.6) is 0 Å². The quantitative estimate of drug-likeness (QED) is 0.187. The molecule has 3 N–H and O–H groups in total. The molecule has 2 aliphatic rings. The summed E-state index contributed by atoms with van der Waals surface area (Å²) in [5.74, 6) is 1.52. The molecular weight excluding hydrogens is 459 g/mol. The summed E-state index contributed by atoms with van der Waals surface area (Å²) in [6, 6.07) is 0.390. The van der Waals surface area contributed by atoms with Crippen LogP contribution in [-0.4, -0.2) is 64.5 Å². The van der Waals surface area contributed by atoms with Crippen molar-refractivity contribution in [3.63, 3.8) is 0 Å². The minimum absolute atomic E-state index is 0. The molecular formula is C19H37IN4O3. The first-order valence-corrected chi connectivity index (χ1v) is 10.2. The van der Waals surface area contributed by atoms with Crippen LogP contribution in [0.15, 0.2) is 4.99 Å². The van der Waals surface area contributed by atoms with E-state index in [9.17, 15) is 4.79 Å². The van der Waals surface area contributed by atoms with Crippen molar-refractivity contribution in [3.05, 3.63) is 0 Å². The van der Waals surface area contributed by atoms with Crippen molar-refractivity contribution >= 4 is 35.8 Å². The first kappa shape index (κ1) is 24.4. The fourth-order valence-corrected chi connectivity index (χ4v) is 3.43. The Balaban J connectivity index is 0.00000364. The van der Waals surface area contributed by atoms with Gasteiger partial charge in [-0.3, -0.25) is 9.79 Å². The van der Waals surface area contributed by atoms with Gasteiger partial charge in [0.25, 0.3) is 0 Å². The Morgan fingerprint density at radius 3 is 2.52 bits per heavy atom. The molecule has 0 bridgehead atoms. The van der Waals surface area contributed by atoms with E-state index in [1.54, 1.807) is 7.05 Å². The summed E-state index contributed by atoms with van der Waals surface area (Å²) in [6.07, 6.45) is 8.36. The largest absolute Gasteiger partial charge is 0.381 e. The van der Waals surface area contributed by atoms with Gasteiger partial charge in [0.2, 0.25) is 5.91 Å². The van der Waals surface area contributed by atoms with E-state index in [-0.39, 0.29) is 29.9 Å². The van der Waals surface area contributed by atoms with Crippen molar-refractivity contribution in [2.75, 3.05) is 46.6 Å². The minimum atomic E-state index is 0. The monoisotopic (exact) mass is 496 g/mol. The average molecular weight is 496 g/mol. The SMILES string of the molecule is CN=C(NCCCOCC1CCOCC1)NCCC(=O)NC1CCCC1.I. The van der Waals surface area contributed by atoms with E-state index in [1.165, 1.54) is 12.8 Å². The zero-order chi connectivity index (χ0) is 18.5. The van der Waals surface area contributed by atoms with Crippen LogP contribution in [0.4, 0.5) is 0 Å². The number of carbonyl (C=O) groups excluding carboxylic acids is 1. The molecule has 1 aliphatic heterocycles. The van der Waals surface area contributed by atoms with Gasteiger partial charge in [0.15, 0.2) is 5.96 Å². The molecule has 2 fully saturated rings. The number of guanidine groups is 1. The number of halogens is 1. The van der Waals surface area contributed by atoms with E-state index in [4.69, 9.17) is 9.47 Å². The molecule has 1 heterocycles. The highest BCUT2D eigenvalue weighted by atomic mass is 127. The molecule has 0 aromatic carbocycles. The first-order valence-electron chi connectivity index (χ1n) is 10.2. The van der Waals surface area contributed by atoms with E-state index < -0.39 is 0 Å². The molecule has 0 aromatic heterocycles. The number of amides is 1. The van der Waals surface area contributed by atoms with Gasteiger partial charge in [-0.05, 0) is 38.0 Å². The van der Waals surface area contributed by atoms with Gasteiger partial charge in [-0.2, -0.15) is 0 Å². The van der Waals surface area contributed by atoms with Gasteiger partial charge in [-0.25, -0.2) is 0 Å². The summed E-state index contributed by atoms with van der Waals surface area (Å²) < 4.78 is 11.1. The highest BCUT2D eigenvalue weighted by Gasteiger charge is 2.16. The summed E-state index contributed by atoms with van der Waals surface area (Å²) in [5.41, 5.74) is 0. The second kappa shape index (κ2) is 15.3. The maximum Gasteiger partial charge on any atom is 0.221 e. The summed E-state index contributed by atoms with van der Waals surface area (Å²) in [5, 5.41) is 9.55. The molecule has 158 valence electrons. The van der Waals surface area contributed by atoms with Crippen LogP contribution < -0.4 is 16.0 Å². The van der Waals surface area contributed by atoms with Crippen LogP contribution in [0.25, 0.3) is 0 Å². The Hall–Kier alpha value is -0.610. The first-order chi connectivity index (χ1) is 12.8. The van der Waals surface area contributed by atoms with Crippen molar-refractivity contribution in [2.45, 2.75) is 57.4 Å². The van der Waals surface area contributed by atoms with E-state index in [2.05, 4.69) is 20.9 Å². The lowest BCUT2D eigenvalue weighted by atomic mass is 10.0. The minimum Gasteiger partial charge on any atom is -0.381 e. The third kappa shape index (κ3) is 11.1. The van der Waals surface area contributed by atoms with Crippen molar-refractivity contribution in [1.29, 1.82) is 0 Å². The maximum absolute atomic E-state index is 11.9. The Labute approximate surface area is 180 Å². The number of aliphatic imine (C=N–C) groups is 1. The number of ether oxygens (including phenoxy) is 2. The van der Waals surface area contributed by atoms with Crippen molar-refractivity contribution < 1.29 is 14.3 Å². The Kier molecular flexibility index (Phi) is 13.9. The second-order valence-corrected chi connectivity index (χ2v) is 7.21. The highest BCUT2D eigenvalue weighted by Crippen LogP contribution is 2.17. The summed E-state index contributed by atoms with van der Waals surface area (Å²) >= 11 is 0. The van der Waals surface area contributed by atoms with Crippen LogP contribution >= 0.6 is 24.0 Å². The lowest BCUT2D eigenvalue weighted by Gasteiger charge is -2.21. The molecule has 8 heteroatoms. The van der Waals surface area contributed by atoms with Crippen molar-refractivity contribution in [1.82, 2.24) is 16.0 Å². The Morgan fingerprint density at radius 1 is 1.11 bits per heavy atom. The van der Waals surface area contributed by atoms with Gasteiger partial charge in [-0.1, -0.05) is 12.8 Å². The van der Waals surface area contributed by atoms with Gasteiger partial charge in [0.05, 0.1) is 0 Å². The fraction of sp³-hybridized carbons (Fsp3) is 0.895. The molecule has 1 aliphatic carbocycles. The van der Waals surface area contributed by atoms with E-state index in [0.717, 1.165) is 71.0 Å². The molecule has 1 saturated heterocycles. The van der Waals surface area contributed by atoms with E-state index >= 15 is 0 Å². The lowest BCUT2D eigenvalue weighted by Crippen LogP contribution is -2.40. The topological polar surface area (TPSA) is 84.0 Å². The van der Waals surface area contributed by atoms with Crippen LogP contribution in [-0.2, 0) is 14.3 Å². The number of hydrogen-bond acceptors (Lipinski definition) is 4. The van der Waals surface area contributed by atoms with Crippen LogP contribution in [0.3, 0.4) is 0 Å². The van der Waals surface area contributed by atoms with E-state index in [1.807, 2.05) is 0 Å². The summed E-state index contributed by atoms with van der Waals surface area (Å²) in [6.45, 7) is 4.74. The summed E-state index contributed by atoms with van der Waals surface area (Å²) in [4.78, 5) is 16.1. The van der Waals surface area contributed by atoms with Crippen molar-refractivity contribution in [2.24, 2.45) is 10.9 Å². The molecule has 27 heavy (non-hydrogen) atoms. The smallest absolute Gasteiger partial charge is 0.221 e. The number of nitrogens with zero attached hydrogens (tertiary/aromatic N) is 1. The Morgan fingerprint density at radius 2 is 1.81 bits per heavy atom. The van der Waals surface area contributed by atoms with Crippen molar-refractivity contribution in [3.8, 4) is 0 Å². The number of hydrogen-bond donors (Lipinski definition) is 3. The number of rotatable bonds is 10. The molecule has 7 nitrogen and oxygen atoms in total. The third-order valence-electron chi connectivity index (χ3n) is 5.04. The van der Waals surface area contributed by atoms with Gasteiger partial charge in [0.1, 0.15) is 0 Å². The normalized spacial score (nSPS) is 18.8. The number of nitrogens with one attached hydrogen (secondary N) is 3. The van der Waals surface area contributed by atoms with Crippen LogP contribution in [0, 0.1) is 5.92 Å². The van der Waals surface area contributed by atoms with Crippen LogP contribution in [0.2, 0.25) is 0 Å². The molecule has 0 spiro atoms. The Bertz CT molecular complexity index is 425. The van der Waals surface area contributed by atoms with Gasteiger partial charge in [0, 0.05) is 59.0 Å². The maximum atomic E-state index is 11.9. The molecule has 1 saturated carbocycles. The fourth-order valence-electron chi connectivity index (χ4n) is 3.43. The third-order valence-corrected chi connectivity index (χ3v) is 5.04. The summed E-state index contributed by atoms with van der Waals surface area (Å²) in [7, 11) is 1.75. The standard InChI is InChI=1S/C19H36N4O3.HI/c1-20-19(22-11-7-18(24)23-17-5-2-3-6-17)21-10-4-12-26-15-16-8-13-25-14-9-16;/h16-17H,2-15H2,1H3,(H,23,24)(H2,20,21,22);1H. The molecule has 2 rings (SSSR count). The van der Waals surface area contributed by atoms with Gasteiger partial charge >= 0.3 is 0 Å². The van der Waals surface area contributed by atoms with Crippen LogP contribution in [0.1, 0.15) is 51.4 Å². The zero-order valence-corrected chi connectivity index (χ0v) is 19.0. The number of carbonyl (C=O) groups is 1.